The molecular formula is C21H25FN2O4. The van der Waals surface area contributed by atoms with Gasteiger partial charge in [0.05, 0.1) is 14.2 Å². The SMILES string of the molecule is COc1cc(OC)cc(C(=O)NC(C(=O)NCc2ccccc2F)C(C)C)c1. The van der Waals surface area contributed by atoms with E-state index < -0.39 is 17.8 Å². The fraction of sp³-hybridized carbons (Fsp3) is 0.333. The van der Waals surface area contributed by atoms with Crippen molar-refractivity contribution in [3.63, 3.8) is 0 Å². The summed E-state index contributed by atoms with van der Waals surface area (Å²) in [6, 6.07) is 10.2. The summed E-state index contributed by atoms with van der Waals surface area (Å²) >= 11 is 0. The highest BCUT2D eigenvalue weighted by Crippen LogP contribution is 2.22. The molecule has 6 nitrogen and oxygen atoms in total. The number of methoxy groups -OCH3 is 2. The van der Waals surface area contributed by atoms with Crippen molar-refractivity contribution in [3.8, 4) is 11.5 Å². The topological polar surface area (TPSA) is 76.7 Å². The van der Waals surface area contributed by atoms with Crippen LogP contribution >= 0.6 is 0 Å². The molecule has 1 unspecified atom stereocenters. The Hall–Kier alpha value is -3.09. The van der Waals surface area contributed by atoms with Crippen LogP contribution in [0.4, 0.5) is 4.39 Å². The molecule has 2 aromatic rings. The Kier molecular flexibility index (Phi) is 7.37. The standard InChI is InChI=1S/C21H25FN2O4/c1-13(2)19(21(26)23-12-14-7-5-6-8-18(14)22)24-20(25)15-9-16(27-3)11-17(10-15)28-4/h5-11,13,19H,12H2,1-4H3,(H,23,26)(H,24,25). The minimum absolute atomic E-state index is 0.0393. The molecule has 2 N–H and O–H groups in total. The number of rotatable bonds is 8. The molecule has 0 aliphatic carbocycles. The Labute approximate surface area is 164 Å². The van der Waals surface area contributed by atoms with Crippen molar-refractivity contribution in [2.45, 2.75) is 26.4 Å². The van der Waals surface area contributed by atoms with Crippen LogP contribution in [0, 0.1) is 11.7 Å². The number of carbonyl (C=O) groups excluding carboxylic acids is 2. The number of nitrogens with one attached hydrogen (secondary N) is 2. The van der Waals surface area contributed by atoms with E-state index in [9.17, 15) is 14.0 Å². The lowest BCUT2D eigenvalue weighted by atomic mass is 10.0. The van der Waals surface area contributed by atoms with Gasteiger partial charge >= 0.3 is 0 Å². The lowest BCUT2D eigenvalue weighted by Gasteiger charge is -2.22. The second-order valence-corrected chi connectivity index (χ2v) is 6.61. The minimum atomic E-state index is -0.781. The zero-order chi connectivity index (χ0) is 20.7. The molecule has 0 saturated carbocycles. The van der Waals surface area contributed by atoms with E-state index in [0.717, 1.165) is 0 Å². The predicted octanol–water partition coefficient (Wildman–Crippen LogP) is 2.91. The van der Waals surface area contributed by atoms with Gasteiger partial charge in [0.2, 0.25) is 5.91 Å². The highest BCUT2D eigenvalue weighted by molar-refractivity contribution is 5.98. The summed E-state index contributed by atoms with van der Waals surface area (Å²) in [5.41, 5.74) is 0.686. The number of benzene rings is 2. The molecular weight excluding hydrogens is 363 g/mol. The summed E-state index contributed by atoms with van der Waals surface area (Å²) in [4.78, 5) is 25.3. The number of ether oxygens (including phenoxy) is 2. The molecule has 0 aromatic heterocycles. The zero-order valence-corrected chi connectivity index (χ0v) is 16.4. The molecule has 0 heterocycles. The van der Waals surface area contributed by atoms with Crippen LogP contribution in [0.25, 0.3) is 0 Å². The molecule has 2 amide bonds. The smallest absolute Gasteiger partial charge is 0.252 e. The second kappa shape index (κ2) is 9.73. The number of halogens is 1. The zero-order valence-electron chi connectivity index (χ0n) is 16.4. The van der Waals surface area contributed by atoms with E-state index in [1.165, 1.54) is 20.3 Å². The van der Waals surface area contributed by atoms with E-state index >= 15 is 0 Å². The Morgan fingerprint density at radius 1 is 1.04 bits per heavy atom. The molecule has 2 aromatic carbocycles. The Morgan fingerprint density at radius 3 is 2.18 bits per heavy atom. The molecule has 0 fully saturated rings. The first-order valence-electron chi connectivity index (χ1n) is 8.90. The van der Waals surface area contributed by atoms with Gasteiger partial charge in [0.15, 0.2) is 0 Å². The van der Waals surface area contributed by atoms with Crippen LogP contribution in [0.1, 0.15) is 29.8 Å². The highest BCUT2D eigenvalue weighted by atomic mass is 19.1. The second-order valence-electron chi connectivity index (χ2n) is 6.61. The van der Waals surface area contributed by atoms with Gasteiger partial charge in [-0.05, 0) is 24.1 Å². The lowest BCUT2D eigenvalue weighted by Crippen LogP contribution is -2.49. The quantitative estimate of drug-likeness (QED) is 0.729. The fourth-order valence-electron chi connectivity index (χ4n) is 2.63. The average molecular weight is 388 g/mol. The first-order chi connectivity index (χ1) is 13.3. The van der Waals surface area contributed by atoms with Crippen molar-refractivity contribution in [1.82, 2.24) is 10.6 Å². The molecule has 28 heavy (non-hydrogen) atoms. The average Bonchev–Trinajstić information content (AvgIpc) is 2.70. The molecule has 0 aliphatic heterocycles. The van der Waals surface area contributed by atoms with Crippen LogP contribution in [0.2, 0.25) is 0 Å². The first kappa shape index (κ1) is 21.2. The molecule has 0 spiro atoms. The Morgan fingerprint density at radius 2 is 1.64 bits per heavy atom. The van der Waals surface area contributed by atoms with E-state index in [1.54, 1.807) is 36.4 Å². The van der Waals surface area contributed by atoms with Gasteiger partial charge < -0.3 is 20.1 Å². The molecule has 150 valence electrons. The normalized spacial score (nSPS) is 11.6. The summed E-state index contributed by atoms with van der Waals surface area (Å²) in [5.74, 6) is -0.448. The molecule has 2 rings (SSSR count). The lowest BCUT2D eigenvalue weighted by molar-refractivity contribution is -0.124. The summed E-state index contributed by atoms with van der Waals surface area (Å²) in [6.07, 6.45) is 0. The third-order valence-electron chi connectivity index (χ3n) is 4.26. The van der Waals surface area contributed by atoms with Crippen LogP contribution in [0.5, 0.6) is 11.5 Å². The van der Waals surface area contributed by atoms with Crippen molar-refractivity contribution in [3.05, 3.63) is 59.4 Å². The number of amides is 2. The Bertz CT molecular complexity index is 817. The molecule has 0 radical (unpaired) electrons. The summed E-state index contributed by atoms with van der Waals surface area (Å²) < 4.78 is 24.1. The maximum atomic E-state index is 13.7. The number of hydrogen-bond donors (Lipinski definition) is 2. The maximum Gasteiger partial charge on any atom is 0.252 e. The van der Waals surface area contributed by atoms with Gasteiger partial charge in [-0.15, -0.1) is 0 Å². The van der Waals surface area contributed by atoms with Crippen LogP contribution < -0.4 is 20.1 Å². The van der Waals surface area contributed by atoms with Gasteiger partial charge in [-0.2, -0.15) is 0 Å². The Balaban J connectivity index is 2.10. The predicted molar refractivity (Wildman–Crippen MR) is 104 cm³/mol. The van der Waals surface area contributed by atoms with Crippen molar-refractivity contribution < 1.29 is 23.5 Å². The number of hydrogen-bond acceptors (Lipinski definition) is 4. The van der Waals surface area contributed by atoms with Gasteiger partial charge in [0.1, 0.15) is 23.4 Å². The van der Waals surface area contributed by atoms with Gasteiger partial charge in [-0.25, -0.2) is 4.39 Å². The minimum Gasteiger partial charge on any atom is -0.497 e. The maximum absolute atomic E-state index is 13.7. The van der Waals surface area contributed by atoms with E-state index in [2.05, 4.69) is 10.6 Å². The molecule has 0 aliphatic rings. The van der Waals surface area contributed by atoms with E-state index in [4.69, 9.17) is 9.47 Å². The van der Waals surface area contributed by atoms with Gasteiger partial charge in [-0.1, -0.05) is 32.0 Å². The highest BCUT2D eigenvalue weighted by Gasteiger charge is 2.25. The van der Waals surface area contributed by atoms with Crippen molar-refractivity contribution in [2.75, 3.05) is 14.2 Å². The van der Waals surface area contributed by atoms with Gasteiger partial charge in [0, 0.05) is 23.7 Å². The van der Waals surface area contributed by atoms with Crippen molar-refractivity contribution in [2.24, 2.45) is 5.92 Å². The number of carbonyl (C=O) groups is 2. The summed E-state index contributed by atoms with van der Waals surface area (Å²) in [7, 11) is 2.98. The largest absolute Gasteiger partial charge is 0.497 e. The van der Waals surface area contributed by atoms with Crippen LogP contribution in [0.3, 0.4) is 0 Å². The summed E-state index contributed by atoms with van der Waals surface area (Å²) in [6.45, 7) is 3.68. The third kappa shape index (κ3) is 5.45. The molecule has 7 heteroatoms. The summed E-state index contributed by atoms with van der Waals surface area (Å²) in [5, 5.41) is 5.41. The fourth-order valence-corrected chi connectivity index (χ4v) is 2.63. The molecule has 0 saturated heterocycles. The third-order valence-corrected chi connectivity index (χ3v) is 4.26. The van der Waals surface area contributed by atoms with Gasteiger partial charge in [0.25, 0.3) is 5.91 Å². The van der Waals surface area contributed by atoms with E-state index in [1.807, 2.05) is 13.8 Å². The van der Waals surface area contributed by atoms with Gasteiger partial charge in [-0.3, -0.25) is 9.59 Å². The van der Waals surface area contributed by atoms with E-state index in [0.29, 0.717) is 22.6 Å². The monoisotopic (exact) mass is 388 g/mol. The van der Waals surface area contributed by atoms with Crippen molar-refractivity contribution >= 4 is 11.8 Å². The molecule has 1 atom stereocenters. The van der Waals surface area contributed by atoms with Crippen LogP contribution in [0.15, 0.2) is 42.5 Å². The van der Waals surface area contributed by atoms with E-state index in [-0.39, 0.29) is 18.4 Å². The van der Waals surface area contributed by atoms with Crippen LogP contribution in [-0.4, -0.2) is 32.1 Å². The first-order valence-corrected chi connectivity index (χ1v) is 8.90. The van der Waals surface area contributed by atoms with Crippen molar-refractivity contribution in [1.29, 1.82) is 0 Å². The van der Waals surface area contributed by atoms with Crippen LogP contribution in [-0.2, 0) is 11.3 Å². The molecule has 0 bridgehead atoms.